The summed E-state index contributed by atoms with van der Waals surface area (Å²) < 4.78 is 6.33. The second-order valence-corrected chi connectivity index (χ2v) is 9.87. The molecule has 7 nitrogen and oxygen atoms in total. The predicted molar refractivity (Wildman–Crippen MR) is 133 cm³/mol. The molecule has 0 aliphatic carbocycles. The molecule has 178 valence electrons. The van der Waals surface area contributed by atoms with Crippen LogP contribution in [0.5, 0.6) is 0 Å². The van der Waals surface area contributed by atoms with Crippen LogP contribution in [0.25, 0.3) is 11.0 Å². The van der Waals surface area contributed by atoms with Crippen LogP contribution in [0.4, 0.5) is 11.6 Å². The predicted octanol–water partition coefficient (Wildman–Crippen LogP) is 5.41. The average Bonchev–Trinajstić information content (AvgIpc) is 2.79. The lowest BCUT2D eigenvalue weighted by Crippen LogP contribution is -2.38. The first-order valence-corrected chi connectivity index (χ1v) is 11.5. The van der Waals surface area contributed by atoms with E-state index < -0.39 is 5.97 Å². The molecule has 0 bridgehead atoms. The van der Waals surface area contributed by atoms with Crippen LogP contribution in [0.15, 0.2) is 45.6 Å². The minimum atomic E-state index is -1.03. The molecular formula is C27H30N2O5. The number of piperidine rings is 1. The third-order valence-electron chi connectivity index (χ3n) is 6.70. The zero-order valence-corrected chi connectivity index (χ0v) is 20.0. The van der Waals surface area contributed by atoms with Crippen molar-refractivity contribution in [1.82, 2.24) is 0 Å². The maximum atomic E-state index is 13.4. The van der Waals surface area contributed by atoms with E-state index in [4.69, 9.17) is 4.42 Å². The Morgan fingerprint density at radius 1 is 1.21 bits per heavy atom. The van der Waals surface area contributed by atoms with Gasteiger partial charge in [-0.05, 0) is 55.9 Å². The van der Waals surface area contributed by atoms with Gasteiger partial charge in [-0.2, -0.15) is 0 Å². The number of aldehydes is 1. The molecule has 7 heteroatoms. The second-order valence-electron chi connectivity index (χ2n) is 9.87. The summed E-state index contributed by atoms with van der Waals surface area (Å²) >= 11 is 0. The number of aromatic carboxylic acids is 1. The summed E-state index contributed by atoms with van der Waals surface area (Å²) in [6.07, 6.45) is 2.45. The summed E-state index contributed by atoms with van der Waals surface area (Å²) in [5.74, 6) is -0.715. The number of nitrogens with one attached hydrogen (secondary N) is 1. The summed E-state index contributed by atoms with van der Waals surface area (Å²) in [5, 5.41) is 13.1. The van der Waals surface area contributed by atoms with Gasteiger partial charge in [-0.3, -0.25) is 9.59 Å². The highest BCUT2D eigenvalue weighted by molar-refractivity contribution is 5.95. The van der Waals surface area contributed by atoms with Gasteiger partial charge in [0.1, 0.15) is 11.1 Å². The van der Waals surface area contributed by atoms with E-state index >= 15 is 0 Å². The fourth-order valence-corrected chi connectivity index (χ4v) is 4.56. The number of fused-ring (bicyclic) bond motifs is 1. The number of para-hydroxylation sites is 1. The summed E-state index contributed by atoms with van der Waals surface area (Å²) in [4.78, 5) is 38.9. The van der Waals surface area contributed by atoms with Gasteiger partial charge in [0, 0.05) is 24.3 Å². The maximum absolute atomic E-state index is 13.4. The Balaban J connectivity index is 1.83. The summed E-state index contributed by atoms with van der Waals surface area (Å²) in [7, 11) is 0. The SMILES string of the molecule is Cc1cc([C@@H](C)Nc2ccccc2C(=O)O)c2oc(N3CCC(C)(C)CC3)c(C=O)c(=O)c2c1. The van der Waals surface area contributed by atoms with Crippen LogP contribution in [0.1, 0.15) is 71.5 Å². The number of hydrogen-bond donors (Lipinski definition) is 2. The standard InChI is InChI=1S/C27H30N2O5/c1-16-13-19(17(2)28-22-8-6-5-7-18(22)26(32)33)24-20(14-16)23(31)21(15-30)25(34-24)29-11-9-27(3,4)10-12-29/h5-8,13-15,17,28H,9-12H2,1-4H3,(H,32,33)/t17-/m1/s1. The Labute approximate surface area is 198 Å². The monoisotopic (exact) mass is 462 g/mol. The van der Waals surface area contributed by atoms with Crippen LogP contribution in [0, 0.1) is 12.3 Å². The first-order chi connectivity index (χ1) is 16.1. The molecule has 0 radical (unpaired) electrons. The largest absolute Gasteiger partial charge is 0.478 e. The highest BCUT2D eigenvalue weighted by Gasteiger charge is 2.29. The number of carbonyl (C=O) groups is 2. The molecule has 34 heavy (non-hydrogen) atoms. The molecular weight excluding hydrogens is 432 g/mol. The molecule has 2 N–H and O–H groups in total. The lowest BCUT2D eigenvalue weighted by molar-refractivity contribution is 0.0697. The number of carboxylic acid groups (broad SMARTS) is 1. The zero-order valence-electron chi connectivity index (χ0n) is 20.0. The molecule has 2 aromatic carbocycles. The normalized spacial score (nSPS) is 16.3. The maximum Gasteiger partial charge on any atom is 0.337 e. The molecule has 0 amide bonds. The smallest absolute Gasteiger partial charge is 0.337 e. The van der Waals surface area contributed by atoms with Gasteiger partial charge in [0.25, 0.3) is 0 Å². The van der Waals surface area contributed by atoms with Crippen LogP contribution in [0.2, 0.25) is 0 Å². The van der Waals surface area contributed by atoms with Crippen LogP contribution >= 0.6 is 0 Å². The van der Waals surface area contributed by atoms with Crippen LogP contribution in [-0.2, 0) is 0 Å². The number of rotatable bonds is 6. The number of carboxylic acids is 1. The molecule has 3 aromatic rings. The minimum absolute atomic E-state index is 0.0422. The Morgan fingerprint density at radius 2 is 1.88 bits per heavy atom. The molecule has 0 spiro atoms. The number of nitrogens with zero attached hydrogens (tertiary/aromatic N) is 1. The summed E-state index contributed by atoms with van der Waals surface area (Å²) in [5.41, 5.74) is 2.51. The molecule has 1 saturated heterocycles. The van der Waals surface area contributed by atoms with E-state index in [1.165, 1.54) is 6.07 Å². The Morgan fingerprint density at radius 3 is 2.53 bits per heavy atom. The fraction of sp³-hybridized carbons (Fsp3) is 0.370. The number of anilines is 2. The number of benzene rings is 2. The van der Waals surface area contributed by atoms with Crippen molar-refractivity contribution in [2.75, 3.05) is 23.3 Å². The molecule has 1 aliphatic heterocycles. The molecule has 4 rings (SSSR count). The Hall–Kier alpha value is -3.61. The van der Waals surface area contributed by atoms with Crippen LogP contribution in [0.3, 0.4) is 0 Å². The van der Waals surface area contributed by atoms with Crippen molar-refractivity contribution in [2.24, 2.45) is 5.41 Å². The lowest BCUT2D eigenvalue weighted by Gasteiger charge is -2.37. The van der Waals surface area contributed by atoms with E-state index in [-0.39, 0.29) is 28.0 Å². The van der Waals surface area contributed by atoms with Gasteiger partial charge in [0.2, 0.25) is 11.3 Å². The van der Waals surface area contributed by atoms with E-state index in [0.717, 1.165) is 24.0 Å². The van der Waals surface area contributed by atoms with E-state index in [9.17, 15) is 19.5 Å². The van der Waals surface area contributed by atoms with Crippen molar-refractivity contribution in [1.29, 1.82) is 0 Å². The van der Waals surface area contributed by atoms with Gasteiger partial charge in [-0.1, -0.05) is 32.0 Å². The second kappa shape index (κ2) is 8.97. The van der Waals surface area contributed by atoms with E-state index in [0.29, 0.717) is 41.9 Å². The average molecular weight is 463 g/mol. The minimum Gasteiger partial charge on any atom is -0.478 e. The molecule has 2 heterocycles. The highest BCUT2D eigenvalue weighted by Crippen LogP contribution is 2.36. The third kappa shape index (κ3) is 4.42. The number of hydrogen-bond acceptors (Lipinski definition) is 6. The number of aryl methyl sites for hydroxylation is 1. The van der Waals surface area contributed by atoms with Crippen molar-refractivity contribution in [3.05, 3.63) is 68.9 Å². The highest BCUT2D eigenvalue weighted by atomic mass is 16.4. The van der Waals surface area contributed by atoms with E-state index in [2.05, 4.69) is 19.2 Å². The van der Waals surface area contributed by atoms with Crippen molar-refractivity contribution >= 4 is 34.8 Å². The van der Waals surface area contributed by atoms with Gasteiger partial charge in [-0.25, -0.2) is 4.79 Å². The molecule has 0 unspecified atom stereocenters. The van der Waals surface area contributed by atoms with Gasteiger partial charge >= 0.3 is 5.97 Å². The third-order valence-corrected chi connectivity index (χ3v) is 6.70. The first kappa shape index (κ1) is 23.5. The molecule has 1 aliphatic rings. The van der Waals surface area contributed by atoms with Crippen molar-refractivity contribution < 1.29 is 19.1 Å². The Kier molecular flexibility index (Phi) is 6.21. The van der Waals surface area contributed by atoms with Crippen molar-refractivity contribution in [3.8, 4) is 0 Å². The van der Waals surface area contributed by atoms with Gasteiger partial charge in [-0.15, -0.1) is 0 Å². The lowest BCUT2D eigenvalue weighted by atomic mass is 9.82. The van der Waals surface area contributed by atoms with Crippen LogP contribution < -0.4 is 15.6 Å². The molecule has 1 atom stereocenters. The molecule has 1 aromatic heterocycles. The first-order valence-electron chi connectivity index (χ1n) is 11.5. The molecule has 0 saturated carbocycles. The molecule has 1 fully saturated rings. The van der Waals surface area contributed by atoms with Gasteiger partial charge in [0.05, 0.1) is 17.0 Å². The van der Waals surface area contributed by atoms with Crippen LogP contribution in [-0.4, -0.2) is 30.5 Å². The van der Waals surface area contributed by atoms with Gasteiger partial charge in [0.15, 0.2) is 6.29 Å². The summed E-state index contributed by atoms with van der Waals surface area (Å²) in [6, 6.07) is 9.99. The topological polar surface area (TPSA) is 99.8 Å². The fourth-order valence-electron chi connectivity index (χ4n) is 4.56. The van der Waals surface area contributed by atoms with Crippen molar-refractivity contribution in [2.45, 2.75) is 46.6 Å². The van der Waals surface area contributed by atoms with E-state index in [1.54, 1.807) is 24.3 Å². The van der Waals surface area contributed by atoms with E-state index in [1.807, 2.05) is 24.8 Å². The zero-order chi connectivity index (χ0) is 24.6. The van der Waals surface area contributed by atoms with Gasteiger partial charge < -0.3 is 19.7 Å². The van der Waals surface area contributed by atoms with Crippen molar-refractivity contribution in [3.63, 3.8) is 0 Å². The summed E-state index contributed by atoms with van der Waals surface area (Å²) in [6.45, 7) is 9.59. The number of carbonyl (C=O) groups excluding carboxylic acids is 1. The quantitative estimate of drug-likeness (QED) is 0.472. The Bertz CT molecular complexity index is 1310.